The van der Waals surface area contributed by atoms with E-state index in [2.05, 4.69) is 17.1 Å². The number of nitrogens with zero attached hydrogens (tertiary/aromatic N) is 1. The largest absolute Gasteiger partial charge is 0.370 e. The van der Waals surface area contributed by atoms with E-state index in [1.54, 1.807) is 0 Å². The smallest absolute Gasteiger partial charge is 0.188 e. The van der Waals surface area contributed by atoms with Crippen LogP contribution < -0.4 is 11.1 Å². The van der Waals surface area contributed by atoms with Crippen LogP contribution in [0.5, 0.6) is 0 Å². The van der Waals surface area contributed by atoms with Crippen molar-refractivity contribution >= 4 is 5.96 Å². The van der Waals surface area contributed by atoms with Crippen molar-refractivity contribution in [3.8, 4) is 0 Å². The third-order valence-electron chi connectivity index (χ3n) is 4.38. The van der Waals surface area contributed by atoms with Gasteiger partial charge < -0.3 is 16.0 Å². The second-order valence-corrected chi connectivity index (χ2v) is 5.56. The summed E-state index contributed by atoms with van der Waals surface area (Å²) in [7, 11) is 0. The van der Waals surface area contributed by atoms with Gasteiger partial charge in [0.25, 0.3) is 0 Å². The van der Waals surface area contributed by atoms with Crippen LogP contribution in [-0.4, -0.2) is 36.0 Å². The van der Waals surface area contributed by atoms with Crippen LogP contribution in [0.2, 0.25) is 0 Å². The van der Waals surface area contributed by atoms with E-state index in [1.165, 1.54) is 38.5 Å². The molecule has 1 heterocycles. The predicted molar refractivity (Wildman–Crippen MR) is 71.1 cm³/mol. The molecule has 0 spiro atoms. The molecule has 2 fully saturated rings. The first-order valence-corrected chi connectivity index (χ1v) is 7.04. The average Bonchev–Trinajstić information content (AvgIpc) is 2.57. The summed E-state index contributed by atoms with van der Waals surface area (Å²) in [4.78, 5) is 2.12. The van der Waals surface area contributed by atoms with Crippen molar-refractivity contribution in [3.05, 3.63) is 0 Å². The molecule has 0 amide bonds. The molecule has 2 unspecified atom stereocenters. The maximum atomic E-state index is 7.76. The maximum absolute atomic E-state index is 7.76. The van der Waals surface area contributed by atoms with E-state index in [0.717, 1.165) is 13.1 Å². The molecule has 1 saturated carbocycles. The fraction of sp³-hybridized carbons (Fsp3) is 0.923. The highest BCUT2D eigenvalue weighted by Gasteiger charge is 2.35. The molecule has 1 aliphatic heterocycles. The van der Waals surface area contributed by atoms with Gasteiger partial charge in [0, 0.05) is 25.2 Å². The van der Waals surface area contributed by atoms with Gasteiger partial charge >= 0.3 is 0 Å². The van der Waals surface area contributed by atoms with E-state index in [-0.39, 0.29) is 5.96 Å². The van der Waals surface area contributed by atoms with E-state index < -0.39 is 0 Å². The maximum Gasteiger partial charge on any atom is 0.188 e. The minimum absolute atomic E-state index is 0.257. The number of nitrogens with two attached hydrogens (primary N) is 1. The minimum atomic E-state index is 0.257. The molecule has 98 valence electrons. The van der Waals surface area contributed by atoms with Gasteiger partial charge in [0.05, 0.1) is 0 Å². The summed E-state index contributed by atoms with van der Waals surface area (Å²) in [5.41, 5.74) is 5.75. The summed E-state index contributed by atoms with van der Waals surface area (Å²) in [6.45, 7) is 4.08. The van der Waals surface area contributed by atoms with E-state index in [1.807, 2.05) is 0 Å². The molecular formula is C13H26N4. The molecule has 2 aliphatic rings. The summed E-state index contributed by atoms with van der Waals surface area (Å²) in [5, 5.41) is 11.3. The standard InChI is InChI=1S/C13H26N4/c1-10-12(11-6-4-2-3-5-7-11)17(13(14)15)9-8-16-10/h10-12,16H,2-9H2,1H3,(H3,14,15). The first kappa shape index (κ1) is 12.7. The number of hydrogen-bond donors (Lipinski definition) is 3. The monoisotopic (exact) mass is 238 g/mol. The fourth-order valence-corrected chi connectivity index (χ4v) is 3.55. The van der Waals surface area contributed by atoms with Crippen LogP contribution in [0.15, 0.2) is 0 Å². The molecular weight excluding hydrogens is 212 g/mol. The Labute approximate surface area is 104 Å². The zero-order valence-corrected chi connectivity index (χ0v) is 10.9. The SMILES string of the molecule is CC1NCCN(C(=N)N)C1C1CCCCCC1. The van der Waals surface area contributed by atoms with Crippen LogP contribution in [0.3, 0.4) is 0 Å². The van der Waals surface area contributed by atoms with Crippen LogP contribution in [0.25, 0.3) is 0 Å². The first-order valence-electron chi connectivity index (χ1n) is 7.04. The van der Waals surface area contributed by atoms with Gasteiger partial charge in [-0.3, -0.25) is 5.41 Å². The van der Waals surface area contributed by atoms with E-state index >= 15 is 0 Å². The van der Waals surface area contributed by atoms with E-state index in [9.17, 15) is 0 Å². The van der Waals surface area contributed by atoms with Crippen molar-refractivity contribution in [1.82, 2.24) is 10.2 Å². The summed E-state index contributed by atoms with van der Waals surface area (Å²) >= 11 is 0. The Hall–Kier alpha value is -0.770. The Balaban J connectivity index is 2.09. The van der Waals surface area contributed by atoms with Gasteiger partial charge in [-0.15, -0.1) is 0 Å². The van der Waals surface area contributed by atoms with E-state index in [4.69, 9.17) is 11.1 Å². The van der Waals surface area contributed by atoms with Crippen LogP contribution in [0.4, 0.5) is 0 Å². The minimum Gasteiger partial charge on any atom is -0.370 e. The molecule has 2 rings (SSSR count). The molecule has 17 heavy (non-hydrogen) atoms. The Kier molecular flexibility index (Phi) is 4.26. The topological polar surface area (TPSA) is 65.1 Å². The van der Waals surface area contributed by atoms with Crippen LogP contribution in [0, 0.1) is 11.3 Å². The molecule has 0 radical (unpaired) electrons. The molecule has 0 bridgehead atoms. The lowest BCUT2D eigenvalue weighted by Gasteiger charge is -2.45. The van der Waals surface area contributed by atoms with Crippen molar-refractivity contribution in [2.24, 2.45) is 11.7 Å². The first-order chi connectivity index (χ1) is 8.20. The molecule has 4 N–H and O–H groups in total. The zero-order valence-electron chi connectivity index (χ0n) is 10.9. The number of guanidine groups is 1. The van der Waals surface area contributed by atoms with Crippen molar-refractivity contribution in [2.75, 3.05) is 13.1 Å². The Morgan fingerprint density at radius 2 is 1.88 bits per heavy atom. The second kappa shape index (κ2) is 5.71. The third kappa shape index (κ3) is 2.92. The predicted octanol–water partition coefficient (Wildman–Crippen LogP) is 1.51. The van der Waals surface area contributed by atoms with Crippen molar-refractivity contribution < 1.29 is 0 Å². The van der Waals surface area contributed by atoms with Gasteiger partial charge in [0.2, 0.25) is 0 Å². The highest BCUT2D eigenvalue weighted by atomic mass is 15.3. The Morgan fingerprint density at radius 3 is 2.47 bits per heavy atom. The Morgan fingerprint density at radius 1 is 1.24 bits per heavy atom. The molecule has 2 atom stereocenters. The molecule has 0 aromatic rings. The number of nitrogens with one attached hydrogen (secondary N) is 2. The van der Waals surface area contributed by atoms with Crippen LogP contribution >= 0.6 is 0 Å². The van der Waals surface area contributed by atoms with Gasteiger partial charge in [0.15, 0.2) is 5.96 Å². The average molecular weight is 238 g/mol. The third-order valence-corrected chi connectivity index (χ3v) is 4.38. The Bertz CT molecular complexity index is 258. The molecule has 1 saturated heterocycles. The van der Waals surface area contributed by atoms with Gasteiger partial charge in [-0.05, 0) is 25.7 Å². The summed E-state index contributed by atoms with van der Waals surface area (Å²) in [5.74, 6) is 0.969. The van der Waals surface area contributed by atoms with Gasteiger partial charge in [0.1, 0.15) is 0 Å². The summed E-state index contributed by atoms with van der Waals surface area (Å²) in [6, 6.07) is 0.884. The molecule has 4 nitrogen and oxygen atoms in total. The van der Waals surface area contributed by atoms with Crippen molar-refractivity contribution in [1.29, 1.82) is 5.41 Å². The molecule has 1 aliphatic carbocycles. The summed E-state index contributed by atoms with van der Waals surface area (Å²) in [6.07, 6.45) is 8.07. The van der Waals surface area contributed by atoms with Gasteiger partial charge in [-0.1, -0.05) is 25.7 Å². The normalized spacial score (nSPS) is 32.2. The quantitative estimate of drug-likeness (QED) is 0.368. The van der Waals surface area contributed by atoms with Gasteiger partial charge in [-0.2, -0.15) is 0 Å². The molecule has 0 aromatic carbocycles. The molecule has 4 heteroatoms. The van der Waals surface area contributed by atoms with Gasteiger partial charge in [-0.25, -0.2) is 0 Å². The second-order valence-electron chi connectivity index (χ2n) is 5.56. The number of rotatable bonds is 1. The lowest BCUT2D eigenvalue weighted by Crippen LogP contribution is -2.62. The summed E-state index contributed by atoms with van der Waals surface area (Å²) < 4.78 is 0. The highest BCUT2D eigenvalue weighted by Crippen LogP contribution is 2.30. The lowest BCUT2D eigenvalue weighted by molar-refractivity contribution is 0.132. The number of hydrogen-bond acceptors (Lipinski definition) is 2. The van der Waals surface area contributed by atoms with Crippen molar-refractivity contribution in [2.45, 2.75) is 57.5 Å². The van der Waals surface area contributed by atoms with Crippen LogP contribution in [-0.2, 0) is 0 Å². The van der Waals surface area contributed by atoms with Crippen molar-refractivity contribution in [3.63, 3.8) is 0 Å². The highest BCUT2D eigenvalue weighted by molar-refractivity contribution is 5.75. The number of piperazine rings is 1. The lowest BCUT2D eigenvalue weighted by atomic mass is 9.85. The molecule has 0 aromatic heterocycles. The fourth-order valence-electron chi connectivity index (χ4n) is 3.55. The van der Waals surface area contributed by atoms with Crippen LogP contribution in [0.1, 0.15) is 45.4 Å². The zero-order chi connectivity index (χ0) is 12.3. The van der Waals surface area contributed by atoms with E-state index in [0.29, 0.717) is 18.0 Å².